The topological polar surface area (TPSA) is 95.5 Å². The molecule has 5 rings (SSSR count). The second-order valence-electron chi connectivity index (χ2n) is 8.14. The summed E-state index contributed by atoms with van der Waals surface area (Å²) in [6.07, 6.45) is -4.80. The fourth-order valence-electron chi connectivity index (χ4n) is 3.96. The highest BCUT2D eigenvalue weighted by Crippen LogP contribution is 2.43. The maximum atomic E-state index is 14.8. The first-order valence-electron chi connectivity index (χ1n) is 10.7. The lowest BCUT2D eigenvalue weighted by Gasteiger charge is -2.13. The number of nitrogens with zero attached hydrogens (tertiary/aromatic N) is 3. The van der Waals surface area contributed by atoms with Gasteiger partial charge in [0.25, 0.3) is 0 Å². The highest BCUT2D eigenvalue weighted by atomic mass is 32.1. The zero-order chi connectivity index (χ0) is 25.6. The standard InChI is InChI=1S/C23H18F4N4O4S/c1-10-3-12(18-15(4-10)30-17(33-2)8-28-18)21-31-16-6-14(24)19-13(20(16)36-21)5-11(35-19)7-29-22(32)34-9-23(25,26)27/h3-4,6,8,11H,5,7,9H2,1-2H3,(H,29,32). The van der Waals surface area contributed by atoms with E-state index in [4.69, 9.17) is 9.47 Å². The molecule has 2 aromatic carbocycles. The third-order valence-corrected chi connectivity index (χ3v) is 6.61. The summed E-state index contributed by atoms with van der Waals surface area (Å²) in [5, 5.41) is 2.83. The van der Waals surface area contributed by atoms with Gasteiger partial charge in [0.1, 0.15) is 11.1 Å². The number of aryl methyl sites for hydroxylation is 1. The van der Waals surface area contributed by atoms with Crippen LogP contribution in [0.25, 0.3) is 31.8 Å². The van der Waals surface area contributed by atoms with E-state index < -0.39 is 30.8 Å². The quantitative estimate of drug-likeness (QED) is 0.371. The predicted octanol–water partition coefficient (Wildman–Crippen LogP) is 4.95. The molecule has 36 heavy (non-hydrogen) atoms. The van der Waals surface area contributed by atoms with Gasteiger partial charge >= 0.3 is 12.3 Å². The largest absolute Gasteiger partial charge is 0.485 e. The molecule has 2 aromatic heterocycles. The summed E-state index contributed by atoms with van der Waals surface area (Å²) in [4.78, 5) is 25.1. The molecule has 188 valence electrons. The van der Waals surface area contributed by atoms with Gasteiger partial charge < -0.3 is 19.5 Å². The van der Waals surface area contributed by atoms with Crippen LogP contribution in [0.2, 0.25) is 0 Å². The van der Waals surface area contributed by atoms with E-state index in [9.17, 15) is 22.4 Å². The van der Waals surface area contributed by atoms with Gasteiger partial charge in [0.15, 0.2) is 18.2 Å². The number of fused-ring (bicyclic) bond motifs is 4. The molecular weight excluding hydrogens is 504 g/mol. The number of carbonyl (C=O) groups excluding carboxylic acids is 1. The van der Waals surface area contributed by atoms with Gasteiger partial charge in [-0.05, 0) is 24.6 Å². The Kier molecular flexibility index (Phi) is 6.02. The zero-order valence-corrected chi connectivity index (χ0v) is 19.7. The number of rotatable bonds is 5. The Morgan fingerprint density at radius 1 is 1.25 bits per heavy atom. The van der Waals surface area contributed by atoms with Gasteiger partial charge in [0, 0.05) is 23.6 Å². The number of aromatic nitrogens is 3. The second kappa shape index (κ2) is 9.04. The number of nitrogens with one attached hydrogen (secondary N) is 1. The van der Waals surface area contributed by atoms with Crippen LogP contribution in [0.15, 0.2) is 24.4 Å². The molecule has 0 bridgehead atoms. The van der Waals surface area contributed by atoms with Crippen LogP contribution in [0.4, 0.5) is 22.4 Å². The summed E-state index contributed by atoms with van der Waals surface area (Å²) in [6, 6.07) is 5.08. The van der Waals surface area contributed by atoms with Crippen molar-refractivity contribution in [1.29, 1.82) is 0 Å². The van der Waals surface area contributed by atoms with Crippen molar-refractivity contribution < 1.29 is 36.6 Å². The monoisotopic (exact) mass is 522 g/mol. The van der Waals surface area contributed by atoms with Crippen molar-refractivity contribution in [3.8, 4) is 22.2 Å². The normalized spacial score (nSPS) is 15.1. The summed E-state index contributed by atoms with van der Waals surface area (Å²) in [5.74, 6) is -0.204. The van der Waals surface area contributed by atoms with E-state index in [0.717, 1.165) is 11.1 Å². The van der Waals surface area contributed by atoms with Gasteiger partial charge in [0.2, 0.25) is 5.88 Å². The molecule has 0 saturated carbocycles. The fraction of sp³-hybridized carbons (Fsp3) is 0.304. The molecule has 3 heterocycles. The first kappa shape index (κ1) is 24.0. The van der Waals surface area contributed by atoms with Crippen LogP contribution >= 0.6 is 11.3 Å². The molecule has 0 fully saturated rings. The molecule has 1 atom stereocenters. The molecule has 8 nitrogen and oxygen atoms in total. The maximum Gasteiger partial charge on any atom is 0.422 e. The Balaban J connectivity index is 1.42. The lowest BCUT2D eigenvalue weighted by molar-refractivity contribution is -0.160. The van der Waals surface area contributed by atoms with Crippen LogP contribution in [0.3, 0.4) is 0 Å². The molecular formula is C23H18F4N4O4S. The van der Waals surface area contributed by atoms with E-state index in [0.29, 0.717) is 37.7 Å². The molecule has 1 amide bonds. The Morgan fingerprint density at radius 3 is 2.81 bits per heavy atom. The van der Waals surface area contributed by atoms with E-state index >= 15 is 0 Å². The molecule has 13 heteroatoms. The minimum Gasteiger partial charge on any atom is -0.485 e. The highest BCUT2D eigenvalue weighted by molar-refractivity contribution is 7.22. The van der Waals surface area contributed by atoms with Crippen LogP contribution in [0, 0.1) is 12.7 Å². The SMILES string of the molecule is COc1cnc2c(-c3nc4cc(F)c5c(c4s3)CC(CNC(=O)OCC(F)(F)F)O5)cc(C)cc2n1. The number of ether oxygens (including phenoxy) is 3. The number of carbonyl (C=O) groups is 1. The molecule has 1 unspecified atom stereocenters. The van der Waals surface area contributed by atoms with Crippen molar-refractivity contribution in [2.45, 2.75) is 25.6 Å². The van der Waals surface area contributed by atoms with E-state index in [-0.39, 0.29) is 18.7 Å². The van der Waals surface area contributed by atoms with E-state index in [1.165, 1.54) is 30.7 Å². The Labute approximate surface area is 205 Å². The number of alkyl halides is 3. The van der Waals surface area contributed by atoms with Gasteiger partial charge in [0.05, 0.1) is 41.1 Å². The summed E-state index contributed by atoms with van der Waals surface area (Å²) in [6.45, 7) is 0.0616. The number of hydrogen-bond acceptors (Lipinski definition) is 8. The molecule has 1 aliphatic heterocycles. The van der Waals surface area contributed by atoms with Gasteiger partial charge in [-0.3, -0.25) is 0 Å². The molecule has 1 N–H and O–H groups in total. The number of methoxy groups -OCH3 is 1. The van der Waals surface area contributed by atoms with Crippen molar-refractivity contribution >= 4 is 38.7 Å². The number of benzene rings is 2. The maximum absolute atomic E-state index is 14.8. The van der Waals surface area contributed by atoms with Gasteiger partial charge in [-0.25, -0.2) is 24.1 Å². The van der Waals surface area contributed by atoms with Gasteiger partial charge in [-0.1, -0.05) is 0 Å². The van der Waals surface area contributed by atoms with Gasteiger partial charge in [-0.2, -0.15) is 13.2 Å². The molecule has 0 radical (unpaired) electrons. The third-order valence-electron chi connectivity index (χ3n) is 5.45. The van der Waals surface area contributed by atoms with Crippen molar-refractivity contribution in [2.24, 2.45) is 0 Å². The second-order valence-corrected chi connectivity index (χ2v) is 9.14. The predicted molar refractivity (Wildman–Crippen MR) is 123 cm³/mol. The third kappa shape index (κ3) is 4.70. The number of alkyl carbamates (subject to hydrolysis) is 1. The average Bonchev–Trinajstić information content (AvgIpc) is 3.44. The minimum atomic E-state index is -4.63. The molecule has 0 spiro atoms. The van der Waals surface area contributed by atoms with Crippen molar-refractivity contribution in [2.75, 3.05) is 20.3 Å². The number of halogens is 4. The van der Waals surface area contributed by atoms with Crippen molar-refractivity contribution in [3.05, 3.63) is 41.3 Å². The fourth-order valence-corrected chi connectivity index (χ4v) is 5.07. The van der Waals surface area contributed by atoms with E-state index in [2.05, 4.69) is 25.0 Å². The Hall–Kier alpha value is -3.74. The first-order valence-corrected chi connectivity index (χ1v) is 11.5. The summed E-state index contributed by atoms with van der Waals surface area (Å²) >= 11 is 1.34. The van der Waals surface area contributed by atoms with Gasteiger partial charge in [-0.15, -0.1) is 11.3 Å². The first-order chi connectivity index (χ1) is 17.1. The molecule has 0 saturated heterocycles. The van der Waals surface area contributed by atoms with Crippen molar-refractivity contribution in [1.82, 2.24) is 20.3 Å². The zero-order valence-electron chi connectivity index (χ0n) is 18.9. The average molecular weight is 522 g/mol. The molecule has 0 aliphatic carbocycles. The van der Waals surface area contributed by atoms with Crippen LogP contribution in [0.1, 0.15) is 11.1 Å². The van der Waals surface area contributed by atoms with Crippen LogP contribution in [-0.2, 0) is 11.2 Å². The van der Waals surface area contributed by atoms with E-state index in [1.807, 2.05) is 19.1 Å². The highest BCUT2D eigenvalue weighted by Gasteiger charge is 2.32. The smallest absolute Gasteiger partial charge is 0.422 e. The Bertz CT molecular complexity index is 1490. The molecule has 4 aromatic rings. The summed E-state index contributed by atoms with van der Waals surface area (Å²) in [5.41, 5.74) is 3.93. The Morgan fingerprint density at radius 2 is 2.06 bits per heavy atom. The van der Waals surface area contributed by atoms with E-state index in [1.54, 1.807) is 0 Å². The number of hydrogen-bond donors (Lipinski definition) is 1. The summed E-state index contributed by atoms with van der Waals surface area (Å²) < 4.78 is 67.1. The summed E-state index contributed by atoms with van der Waals surface area (Å²) in [7, 11) is 1.51. The van der Waals surface area contributed by atoms with Crippen LogP contribution in [-0.4, -0.2) is 53.6 Å². The van der Waals surface area contributed by atoms with Crippen molar-refractivity contribution in [3.63, 3.8) is 0 Å². The van der Waals surface area contributed by atoms with Crippen LogP contribution in [0.5, 0.6) is 11.6 Å². The lowest BCUT2D eigenvalue weighted by Crippen LogP contribution is -2.36. The minimum absolute atomic E-state index is 0.0341. The number of amides is 1. The lowest BCUT2D eigenvalue weighted by atomic mass is 10.1. The molecule has 1 aliphatic rings. The van der Waals surface area contributed by atoms with Crippen LogP contribution < -0.4 is 14.8 Å². The number of thiazole rings is 1.